The summed E-state index contributed by atoms with van der Waals surface area (Å²) in [5, 5.41) is 6.04. The minimum Gasteiger partial charge on any atom is -0.352 e. The van der Waals surface area contributed by atoms with Crippen LogP contribution < -0.4 is 10.6 Å². The second-order valence-electron chi connectivity index (χ2n) is 9.81. The molecule has 0 aliphatic heterocycles. The quantitative estimate of drug-likeness (QED) is 0.801. The SMILES string of the molecule is C[C@H]1CCCC[C@@H]1NC(=O)CNC(=O)CC12CC3CC(CC(C3)C1)C2. The zero-order chi connectivity index (χ0) is 17.4. The summed E-state index contributed by atoms with van der Waals surface area (Å²) in [5.41, 5.74) is 0.257. The van der Waals surface area contributed by atoms with E-state index in [1.165, 1.54) is 57.8 Å². The van der Waals surface area contributed by atoms with Gasteiger partial charge in [0.25, 0.3) is 0 Å². The van der Waals surface area contributed by atoms with Crippen molar-refractivity contribution >= 4 is 11.8 Å². The van der Waals surface area contributed by atoms with Crippen LogP contribution in [0.1, 0.15) is 77.6 Å². The van der Waals surface area contributed by atoms with Gasteiger partial charge in [-0.1, -0.05) is 19.8 Å². The molecule has 0 radical (unpaired) electrons. The van der Waals surface area contributed by atoms with Gasteiger partial charge in [-0.2, -0.15) is 0 Å². The number of carbonyl (C=O) groups excluding carboxylic acids is 2. The lowest BCUT2D eigenvalue weighted by molar-refractivity contribution is -0.132. The molecule has 5 aliphatic carbocycles. The summed E-state index contributed by atoms with van der Waals surface area (Å²) in [6.45, 7) is 2.37. The fourth-order valence-electron chi connectivity index (χ4n) is 6.88. The Morgan fingerprint density at radius 3 is 2.12 bits per heavy atom. The van der Waals surface area contributed by atoms with Crippen LogP contribution in [0.25, 0.3) is 0 Å². The molecule has 5 aliphatic rings. The van der Waals surface area contributed by atoms with Crippen molar-refractivity contribution in [2.45, 2.75) is 83.6 Å². The second kappa shape index (κ2) is 6.92. The second-order valence-corrected chi connectivity index (χ2v) is 9.81. The number of rotatable bonds is 5. The van der Waals surface area contributed by atoms with Gasteiger partial charge in [-0.3, -0.25) is 9.59 Å². The molecule has 5 saturated carbocycles. The normalized spacial score (nSPS) is 42.2. The summed E-state index contributed by atoms with van der Waals surface area (Å²) in [4.78, 5) is 24.7. The highest BCUT2D eigenvalue weighted by Gasteiger charge is 2.51. The summed E-state index contributed by atoms with van der Waals surface area (Å²) in [6.07, 6.45) is 13.4. The van der Waals surface area contributed by atoms with E-state index in [9.17, 15) is 9.59 Å². The molecule has 4 heteroatoms. The van der Waals surface area contributed by atoms with E-state index in [1.807, 2.05) is 0 Å². The molecular weight excluding hydrogens is 312 g/mol. The van der Waals surface area contributed by atoms with Gasteiger partial charge in [0.1, 0.15) is 0 Å². The maximum Gasteiger partial charge on any atom is 0.239 e. The van der Waals surface area contributed by atoms with E-state index in [2.05, 4.69) is 17.6 Å². The Morgan fingerprint density at radius 2 is 1.52 bits per heavy atom. The maximum absolute atomic E-state index is 12.5. The Labute approximate surface area is 151 Å². The molecule has 0 aromatic carbocycles. The molecule has 4 bridgehead atoms. The van der Waals surface area contributed by atoms with Crippen LogP contribution in [0.5, 0.6) is 0 Å². The van der Waals surface area contributed by atoms with Gasteiger partial charge in [0.15, 0.2) is 0 Å². The van der Waals surface area contributed by atoms with Gasteiger partial charge >= 0.3 is 0 Å². The zero-order valence-corrected chi connectivity index (χ0v) is 15.7. The first kappa shape index (κ1) is 17.4. The Balaban J connectivity index is 1.23. The maximum atomic E-state index is 12.5. The van der Waals surface area contributed by atoms with Crippen molar-refractivity contribution in [3.05, 3.63) is 0 Å². The minimum atomic E-state index is -0.0161. The summed E-state index contributed by atoms with van der Waals surface area (Å²) in [5.74, 6) is 3.24. The third-order valence-electron chi connectivity index (χ3n) is 7.60. The average molecular weight is 347 g/mol. The molecule has 0 spiro atoms. The summed E-state index contributed by atoms with van der Waals surface area (Å²) >= 11 is 0. The molecule has 0 heterocycles. The van der Waals surface area contributed by atoms with Gasteiger partial charge in [-0.05, 0) is 80.5 Å². The van der Waals surface area contributed by atoms with Crippen LogP contribution in [0.3, 0.4) is 0 Å². The highest BCUT2D eigenvalue weighted by atomic mass is 16.2. The van der Waals surface area contributed by atoms with E-state index >= 15 is 0 Å². The first-order valence-corrected chi connectivity index (χ1v) is 10.6. The van der Waals surface area contributed by atoms with Crippen molar-refractivity contribution < 1.29 is 9.59 Å². The number of hydrogen-bond acceptors (Lipinski definition) is 2. The largest absolute Gasteiger partial charge is 0.352 e. The van der Waals surface area contributed by atoms with Gasteiger partial charge in [0.05, 0.1) is 6.54 Å². The number of carbonyl (C=O) groups is 2. The molecule has 5 fully saturated rings. The zero-order valence-electron chi connectivity index (χ0n) is 15.7. The fraction of sp³-hybridized carbons (Fsp3) is 0.905. The Morgan fingerprint density at radius 1 is 0.920 bits per heavy atom. The first-order chi connectivity index (χ1) is 12.0. The van der Waals surface area contributed by atoms with Crippen LogP contribution in [0, 0.1) is 29.1 Å². The molecule has 2 atom stereocenters. The van der Waals surface area contributed by atoms with Gasteiger partial charge in [0, 0.05) is 12.5 Å². The van der Waals surface area contributed by atoms with E-state index in [0.717, 1.165) is 24.2 Å². The highest BCUT2D eigenvalue weighted by Crippen LogP contribution is 2.61. The number of hydrogen-bond donors (Lipinski definition) is 2. The van der Waals surface area contributed by atoms with Crippen LogP contribution in [-0.4, -0.2) is 24.4 Å². The van der Waals surface area contributed by atoms with Crippen molar-refractivity contribution in [2.75, 3.05) is 6.54 Å². The van der Waals surface area contributed by atoms with Crippen molar-refractivity contribution in [3.63, 3.8) is 0 Å². The molecule has 2 N–H and O–H groups in total. The molecular formula is C21H34N2O2. The minimum absolute atomic E-state index is 0.0161. The first-order valence-electron chi connectivity index (χ1n) is 10.6. The van der Waals surface area contributed by atoms with E-state index in [0.29, 0.717) is 18.4 Å². The average Bonchev–Trinajstić information content (AvgIpc) is 2.53. The lowest BCUT2D eigenvalue weighted by Gasteiger charge is -2.56. The van der Waals surface area contributed by atoms with Crippen molar-refractivity contribution in [3.8, 4) is 0 Å². The predicted molar refractivity (Wildman–Crippen MR) is 97.8 cm³/mol. The van der Waals surface area contributed by atoms with Gasteiger partial charge < -0.3 is 10.6 Å². The molecule has 2 amide bonds. The van der Waals surface area contributed by atoms with E-state index in [4.69, 9.17) is 0 Å². The van der Waals surface area contributed by atoms with E-state index in [-0.39, 0.29) is 23.8 Å². The lowest BCUT2D eigenvalue weighted by Crippen LogP contribution is -2.49. The third kappa shape index (κ3) is 3.88. The summed E-state index contributed by atoms with van der Waals surface area (Å²) in [6, 6.07) is 0.293. The van der Waals surface area contributed by atoms with Crippen LogP contribution in [0.15, 0.2) is 0 Å². The van der Waals surface area contributed by atoms with Gasteiger partial charge in [0.2, 0.25) is 11.8 Å². The van der Waals surface area contributed by atoms with Crippen LogP contribution >= 0.6 is 0 Å². The van der Waals surface area contributed by atoms with Gasteiger partial charge in [-0.25, -0.2) is 0 Å². The van der Waals surface area contributed by atoms with Crippen LogP contribution in [0.2, 0.25) is 0 Å². The molecule has 5 rings (SSSR count). The fourth-order valence-corrected chi connectivity index (χ4v) is 6.88. The number of amides is 2. The van der Waals surface area contributed by atoms with Crippen LogP contribution in [-0.2, 0) is 9.59 Å². The van der Waals surface area contributed by atoms with E-state index < -0.39 is 0 Å². The summed E-state index contributed by atoms with van der Waals surface area (Å²) in [7, 11) is 0. The predicted octanol–water partition coefficient (Wildman–Crippen LogP) is 3.40. The molecule has 0 aromatic heterocycles. The van der Waals surface area contributed by atoms with E-state index in [1.54, 1.807) is 0 Å². The van der Waals surface area contributed by atoms with Crippen molar-refractivity contribution in [2.24, 2.45) is 29.1 Å². The third-order valence-corrected chi connectivity index (χ3v) is 7.60. The molecule has 0 saturated heterocycles. The van der Waals surface area contributed by atoms with Crippen molar-refractivity contribution in [1.29, 1.82) is 0 Å². The summed E-state index contributed by atoms with van der Waals surface area (Å²) < 4.78 is 0. The molecule has 0 unspecified atom stereocenters. The topological polar surface area (TPSA) is 58.2 Å². The number of nitrogens with one attached hydrogen (secondary N) is 2. The van der Waals surface area contributed by atoms with Crippen LogP contribution in [0.4, 0.5) is 0 Å². The standard InChI is InChI=1S/C21H34N2O2/c1-14-4-2-3-5-18(14)23-20(25)13-22-19(24)12-21-9-15-6-16(10-21)8-17(7-15)11-21/h14-18H,2-13H2,1H3,(H,22,24)(H,23,25)/t14-,15?,16?,17?,18-,21?/m0/s1. The molecule has 140 valence electrons. The highest BCUT2D eigenvalue weighted by molar-refractivity contribution is 5.85. The van der Waals surface area contributed by atoms with Gasteiger partial charge in [-0.15, -0.1) is 0 Å². The molecule has 25 heavy (non-hydrogen) atoms. The smallest absolute Gasteiger partial charge is 0.239 e. The molecule has 0 aromatic rings. The van der Waals surface area contributed by atoms with Crippen molar-refractivity contribution in [1.82, 2.24) is 10.6 Å². The lowest BCUT2D eigenvalue weighted by atomic mass is 9.49. The Kier molecular flexibility index (Phi) is 4.81. The monoisotopic (exact) mass is 346 g/mol. The Hall–Kier alpha value is -1.06. The Bertz CT molecular complexity index is 495. The molecule has 4 nitrogen and oxygen atoms in total.